The van der Waals surface area contributed by atoms with E-state index in [0.717, 1.165) is 0 Å². The molecule has 102 valence electrons. The van der Waals surface area contributed by atoms with E-state index in [0.29, 0.717) is 6.42 Å². The monoisotopic (exact) mass is 261 g/mol. The largest absolute Gasteiger partial charge is 0.407 e. The number of aliphatic hydroxyl groups is 1. The van der Waals surface area contributed by atoms with Crippen molar-refractivity contribution in [1.29, 1.82) is 0 Å². The molecule has 0 fully saturated rings. The summed E-state index contributed by atoms with van der Waals surface area (Å²) >= 11 is 0. The van der Waals surface area contributed by atoms with E-state index < -0.39 is 17.8 Å². The van der Waals surface area contributed by atoms with Crippen LogP contribution in [0.15, 0.2) is 30.3 Å². The standard InChI is InChI=1S/C13H18F3NO/c1-3-12(2,9-18)17-11(13(14,15)16)10-7-5-4-6-8-10/h4-8,11,17-18H,3,9H2,1-2H3. The average Bonchev–Trinajstić information content (AvgIpc) is 2.35. The SMILES string of the molecule is CCC(C)(CO)NC(c1ccccc1)C(F)(F)F. The molecule has 0 aliphatic heterocycles. The lowest BCUT2D eigenvalue weighted by molar-refractivity contribution is -0.163. The highest BCUT2D eigenvalue weighted by atomic mass is 19.4. The summed E-state index contributed by atoms with van der Waals surface area (Å²) in [5, 5.41) is 11.7. The highest BCUT2D eigenvalue weighted by Gasteiger charge is 2.43. The second-order valence-electron chi connectivity index (χ2n) is 4.60. The van der Waals surface area contributed by atoms with Crippen molar-refractivity contribution >= 4 is 0 Å². The van der Waals surface area contributed by atoms with Gasteiger partial charge in [0.25, 0.3) is 0 Å². The van der Waals surface area contributed by atoms with Gasteiger partial charge in [0.05, 0.1) is 6.61 Å². The van der Waals surface area contributed by atoms with E-state index in [-0.39, 0.29) is 12.2 Å². The predicted molar refractivity (Wildman–Crippen MR) is 64.2 cm³/mol. The van der Waals surface area contributed by atoms with E-state index >= 15 is 0 Å². The summed E-state index contributed by atoms with van der Waals surface area (Å²) in [4.78, 5) is 0. The lowest BCUT2D eigenvalue weighted by atomic mass is 9.96. The second kappa shape index (κ2) is 5.71. The van der Waals surface area contributed by atoms with Crippen molar-refractivity contribution in [2.75, 3.05) is 6.61 Å². The molecule has 0 saturated heterocycles. The molecule has 2 unspecified atom stereocenters. The zero-order chi connectivity index (χ0) is 13.8. The summed E-state index contributed by atoms with van der Waals surface area (Å²) in [6.45, 7) is 2.97. The Morgan fingerprint density at radius 1 is 1.22 bits per heavy atom. The van der Waals surface area contributed by atoms with E-state index in [2.05, 4.69) is 5.32 Å². The lowest BCUT2D eigenvalue weighted by Gasteiger charge is -2.34. The molecule has 0 amide bonds. The van der Waals surface area contributed by atoms with Gasteiger partial charge < -0.3 is 5.11 Å². The smallest absolute Gasteiger partial charge is 0.394 e. The van der Waals surface area contributed by atoms with Crippen LogP contribution in [0.2, 0.25) is 0 Å². The highest BCUT2D eigenvalue weighted by Crippen LogP contribution is 2.34. The maximum atomic E-state index is 13.1. The number of nitrogens with one attached hydrogen (secondary N) is 1. The Morgan fingerprint density at radius 3 is 2.17 bits per heavy atom. The molecule has 0 saturated carbocycles. The topological polar surface area (TPSA) is 32.3 Å². The normalized spacial score (nSPS) is 17.2. The summed E-state index contributed by atoms with van der Waals surface area (Å²) < 4.78 is 39.2. The van der Waals surface area contributed by atoms with Crippen molar-refractivity contribution in [3.8, 4) is 0 Å². The van der Waals surface area contributed by atoms with Crippen molar-refractivity contribution in [3.63, 3.8) is 0 Å². The molecule has 0 spiro atoms. The summed E-state index contributed by atoms with van der Waals surface area (Å²) in [6, 6.07) is 5.89. The third kappa shape index (κ3) is 3.71. The summed E-state index contributed by atoms with van der Waals surface area (Å²) in [6.07, 6.45) is -3.99. The van der Waals surface area contributed by atoms with Crippen LogP contribution in [-0.4, -0.2) is 23.4 Å². The molecule has 0 aromatic heterocycles. The minimum Gasteiger partial charge on any atom is -0.394 e. The lowest BCUT2D eigenvalue weighted by Crippen LogP contribution is -2.50. The number of aliphatic hydroxyl groups excluding tert-OH is 1. The molecule has 1 aromatic carbocycles. The molecular weight excluding hydrogens is 243 g/mol. The molecule has 0 radical (unpaired) electrons. The van der Waals surface area contributed by atoms with Crippen molar-refractivity contribution in [2.45, 2.75) is 38.0 Å². The van der Waals surface area contributed by atoms with Crippen molar-refractivity contribution in [1.82, 2.24) is 5.32 Å². The molecular formula is C13H18F3NO. The Bertz CT molecular complexity index is 360. The Hall–Kier alpha value is -1.07. The maximum absolute atomic E-state index is 13.1. The van der Waals surface area contributed by atoms with Crippen LogP contribution in [-0.2, 0) is 0 Å². The maximum Gasteiger partial charge on any atom is 0.407 e. The molecule has 0 bridgehead atoms. The van der Waals surface area contributed by atoms with Crippen LogP contribution in [0.4, 0.5) is 13.2 Å². The molecule has 1 rings (SSSR count). The van der Waals surface area contributed by atoms with Crippen molar-refractivity contribution in [3.05, 3.63) is 35.9 Å². The Morgan fingerprint density at radius 2 is 1.78 bits per heavy atom. The molecule has 1 aromatic rings. The first-order valence-electron chi connectivity index (χ1n) is 5.82. The van der Waals surface area contributed by atoms with Crippen LogP contribution < -0.4 is 5.32 Å². The van der Waals surface area contributed by atoms with Gasteiger partial charge in [-0.05, 0) is 18.9 Å². The van der Waals surface area contributed by atoms with Gasteiger partial charge in [-0.2, -0.15) is 13.2 Å². The Balaban J connectivity index is 3.02. The Labute approximate surface area is 105 Å². The third-order valence-electron chi connectivity index (χ3n) is 3.08. The van der Waals surface area contributed by atoms with E-state index in [1.807, 2.05) is 0 Å². The van der Waals surface area contributed by atoms with Gasteiger partial charge in [-0.1, -0.05) is 37.3 Å². The number of halogens is 3. The van der Waals surface area contributed by atoms with E-state index in [1.54, 1.807) is 32.0 Å². The number of benzene rings is 1. The van der Waals surface area contributed by atoms with Crippen LogP contribution in [0.5, 0.6) is 0 Å². The first kappa shape index (κ1) is 15.0. The van der Waals surface area contributed by atoms with Crippen molar-refractivity contribution in [2.24, 2.45) is 0 Å². The van der Waals surface area contributed by atoms with Crippen LogP contribution in [0.3, 0.4) is 0 Å². The fraction of sp³-hybridized carbons (Fsp3) is 0.538. The van der Waals surface area contributed by atoms with E-state index in [4.69, 9.17) is 0 Å². The van der Waals surface area contributed by atoms with Crippen LogP contribution in [0.25, 0.3) is 0 Å². The van der Waals surface area contributed by atoms with Crippen LogP contribution in [0.1, 0.15) is 31.9 Å². The van der Waals surface area contributed by atoms with Crippen LogP contribution in [0, 0.1) is 0 Å². The molecule has 2 atom stereocenters. The molecule has 2 N–H and O–H groups in total. The highest BCUT2D eigenvalue weighted by molar-refractivity contribution is 5.21. The van der Waals surface area contributed by atoms with E-state index in [9.17, 15) is 18.3 Å². The summed E-state index contributed by atoms with van der Waals surface area (Å²) in [5.74, 6) is 0. The minimum atomic E-state index is -4.40. The van der Waals surface area contributed by atoms with Gasteiger partial charge in [-0.15, -0.1) is 0 Å². The third-order valence-corrected chi connectivity index (χ3v) is 3.08. The number of alkyl halides is 3. The minimum absolute atomic E-state index is 0.151. The van der Waals surface area contributed by atoms with Gasteiger partial charge in [0, 0.05) is 5.54 Å². The molecule has 18 heavy (non-hydrogen) atoms. The van der Waals surface area contributed by atoms with Gasteiger partial charge in [0.2, 0.25) is 0 Å². The number of rotatable bonds is 5. The van der Waals surface area contributed by atoms with Crippen LogP contribution >= 0.6 is 0 Å². The predicted octanol–water partition coefficient (Wildman–Crippen LogP) is 3.04. The average molecular weight is 261 g/mol. The number of hydrogen-bond donors (Lipinski definition) is 2. The fourth-order valence-electron chi connectivity index (χ4n) is 1.61. The molecule has 5 heteroatoms. The zero-order valence-corrected chi connectivity index (χ0v) is 10.5. The molecule has 0 heterocycles. The number of hydrogen-bond acceptors (Lipinski definition) is 2. The molecule has 2 nitrogen and oxygen atoms in total. The van der Waals surface area contributed by atoms with Crippen molar-refractivity contribution < 1.29 is 18.3 Å². The molecule has 0 aliphatic carbocycles. The van der Waals surface area contributed by atoms with E-state index in [1.165, 1.54) is 12.1 Å². The van der Waals surface area contributed by atoms with Gasteiger partial charge in [0.15, 0.2) is 0 Å². The van der Waals surface area contributed by atoms with Gasteiger partial charge in [-0.3, -0.25) is 5.32 Å². The first-order valence-corrected chi connectivity index (χ1v) is 5.82. The van der Waals surface area contributed by atoms with Gasteiger partial charge in [0.1, 0.15) is 6.04 Å². The summed E-state index contributed by atoms with van der Waals surface area (Å²) in [5.41, 5.74) is -0.797. The quantitative estimate of drug-likeness (QED) is 0.854. The van der Waals surface area contributed by atoms with Gasteiger partial charge >= 0.3 is 6.18 Å². The summed E-state index contributed by atoms with van der Waals surface area (Å²) in [7, 11) is 0. The second-order valence-corrected chi connectivity index (χ2v) is 4.60. The zero-order valence-electron chi connectivity index (χ0n) is 10.5. The fourth-order valence-corrected chi connectivity index (χ4v) is 1.61. The first-order chi connectivity index (χ1) is 8.32. The van der Waals surface area contributed by atoms with Gasteiger partial charge in [-0.25, -0.2) is 0 Å². The Kier molecular flexibility index (Phi) is 4.76. The molecule has 0 aliphatic rings.